The van der Waals surface area contributed by atoms with Crippen LogP contribution in [0.15, 0.2) is 29.9 Å². The largest absolute Gasteiger partial charge is 0.493 e. The summed E-state index contributed by atoms with van der Waals surface area (Å²) < 4.78 is 34.3. The Balaban J connectivity index is 1.50. The van der Waals surface area contributed by atoms with Crippen molar-refractivity contribution in [3.05, 3.63) is 45.5 Å². The summed E-state index contributed by atoms with van der Waals surface area (Å²) in [5, 5.41) is 11.6. The SMILES string of the molecule is COc1cc(/C=C/C(=O)O[C@@H]2CC[C@]3(CO3)[C@@H]([C@@]3(C)O[C@@H]3CC=C(C)C)[C@@H]2OC)c([N+](=O)[O-])cc1OC. The van der Waals surface area contributed by atoms with Crippen LogP contribution in [0.5, 0.6) is 11.5 Å². The van der Waals surface area contributed by atoms with Gasteiger partial charge in [0.05, 0.1) is 49.4 Å². The summed E-state index contributed by atoms with van der Waals surface area (Å²) in [5.74, 6) is -0.181. The van der Waals surface area contributed by atoms with E-state index in [0.29, 0.717) is 18.8 Å². The number of methoxy groups -OCH3 is 3. The second kappa shape index (κ2) is 10.4. The first-order valence-corrected chi connectivity index (χ1v) is 12.4. The Labute approximate surface area is 216 Å². The number of ether oxygens (including phenoxy) is 6. The topological polar surface area (TPSA) is 122 Å². The maximum Gasteiger partial charge on any atom is 0.331 e. The van der Waals surface area contributed by atoms with Gasteiger partial charge in [-0.25, -0.2) is 4.79 Å². The van der Waals surface area contributed by atoms with Crippen LogP contribution < -0.4 is 9.47 Å². The summed E-state index contributed by atoms with van der Waals surface area (Å²) in [4.78, 5) is 23.9. The molecule has 1 aromatic rings. The predicted molar refractivity (Wildman–Crippen MR) is 135 cm³/mol. The number of nitro groups is 1. The van der Waals surface area contributed by atoms with Crippen molar-refractivity contribution in [2.75, 3.05) is 27.9 Å². The third kappa shape index (κ3) is 5.37. The molecule has 10 nitrogen and oxygen atoms in total. The molecule has 1 aliphatic carbocycles. The lowest BCUT2D eigenvalue weighted by atomic mass is 9.68. The van der Waals surface area contributed by atoms with E-state index in [-0.39, 0.29) is 34.6 Å². The van der Waals surface area contributed by atoms with Gasteiger partial charge in [-0.05, 0) is 52.2 Å². The third-order valence-corrected chi connectivity index (χ3v) is 7.63. The number of esters is 1. The Morgan fingerprint density at radius 3 is 2.46 bits per heavy atom. The number of epoxide rings is 2. The quantitative estimate of drug-likeness (QED) is 0.112. The van der Waals surface area contributed by atoms with Gasteiger partial charge in [-0.1, -0.05) is 11.6 Å². The van der Waals surface area contributed by atoms with Crippen molar-refractivity contribution in [1.82, 2.24) is 0 Å². The Bertz CT molecular complexity index is 1110. The molecule has 0 bridgehead atoms. The van der Waals surface area contributed by atoms with Crippen LogP contribution in [0.25, 0.3) is 6.08 Å². The van der Waals surface area contributed by atoms with E-state index in [1.54, 1.807) is 7.11 Å². The number of hydrogen-bond donors (Lipinski definition) is 0. The standard InChI is InChI=1S/C27H35NO9/c1-16(2)7-9-22-26(3,37-22)25-24(34-6)19(11-12-27(25)15-35-27)36-23(29)10-8-17-13-20(32-4)21(33-5)14-18(17)28(30)31/h7-8,10,13-14,19,22,24-25H,9,11-12,15H2,1-6H3/b10-8+/t19-,22-,24-,25-,26+,27+/m1/s1. The molecule has 2 aliphatic heterocycles. The van der Waals surface area contributed by atoms with E-state index >= 15 is 0 Å². The highest BCUT2D eigenvalue weighted by Gasteiger charge is 2.72. The molecule has 2 saturated heterocycles. The fourth-order valence-corrected chi connectivity index (χ4v) is 5.59. The highest BCUT2D eigenvalue weighted by Crippen LogP contribution is 2.59. The molecule has 0 aromatic heterocycles. The third-order valence-electron chi connectivity index (χ3n) is 7.63. The van der Waals surface area contributed by atoms with Gasteiger partial charge in [-0.3, -0.25) is 10.1 Å². The molecule has 1 aromatic carbocycles. The van der Waals surface area contributed by atoms with E-state index in [1.807, 2.05) is 0 Å². The maximum absolute atomic E-state index is 12.8. The number of carbonyl (C=O) groups is 1. The lowest BCUT2D eigenvalue weighted by molar-refractivity contribution is -0.385. The number of benzene rings is 1. The lowest BCUT2D eigenvalue weighted by Gasteiger charge is -2.42. The molecule has 202 valence electrons. The number of nitro benzene ring substituents is 1. The van der Waals surface area contributed by atoms with Gasteiger partial charge in [0.1, 0.15) is 23.4 Å². The molecular formula is C27H35NO9. The van der Waals surface area contributed by atoms with Crippen molar-refractivity contribution in [3.63, 3.8) is 0 Å². The van der Waals surface area contributed by atoms with Crippen molar-refractivity contribution in [2.24, 2.45) is 5.92 Å². The lowest BCUT2D eigenvalue weighted by Crippen LogP contribution is -2.55. The van der Waals surface area contributed by atoms with Gasteiger partial charge in [0.2, 0.25) is 0 Å². The molecule has 0 unspecified atom stereocenters. The molecule has 1 saturated carbocycles. The van der Waals surface area contributed by atoms with Crippen molar-refractivity contribution in [3.8, 4) is 11.5 Å². The van der Waals surface area contributed by atoms with Gasteiger partial charge in [0, 0.05) is 13.2 Å². The minimum Gasteiger partial charge on any atom is -0.493 e. The van der Waals surface area contributed by atoms with Crippen molar-refractivity contribution < 1.29 is 38.1 Å². The first-order chi connectivity index (χ1) is 17.6. The first-order valence-electron chi connectivity index (χ1n) is 12.4. The van der Waals surface area contributed by atoms with Crippen LogP contribution in [0.3, 0.4) is 0 Å². The minimum atomic E-state index is -0.620. The monoisotopic (exact) mass is 517 g/mol. The number of nitrogens with zero attached hydrogens (tertiary/aromatic N) is 1. The molecule has 1 spiro atoms. The molecule has 0 radical (unpaired) electrons. The molecule has 10 heteroatoms. The smallest absolute Gasteiger partial charge is 0.331 e. The van der Waals surface area contributed by atoms with Gasteiger partial charge in [0.25, 0.3) is 5.69 Å². The number of allylic oxidation sites excluding steroid dienone is 1. The van der Waals surface area contributed by atoms with Crippen molar-refractivity contribution in [1.29, 1.82) is 0 Å². The average molecular weight is 518 g/mol. The minimum absolute atomic E-state index is 0.0473. The molecule has 4 rings (SSSR count). The molecule has 3 fully saturated rings. The van der Waals surface area contributed by atoms with Gasteiger partial charge in [-0.2, -0.15) is 0 Å². The fourth-order valence-electron chi connectivity index (χ4n) is 5.59. The Morgan fingerprint density at radius 2 is 1.89 bits per heavy atom. The molecule has 0 N–H and O–H groups in total. The zero-order chi connectivity index (χ0) is 27.0. The Morgan fingerprint density at radius 1 is 1.22 bits per heavy atom. The second-order valence-electron chi connectivity index (χ2n) is 10.2. The Kier molecular flexibility index (Phi) is 7.64. The number of hydrogen-bond acceptors (Lipinski definition) is 9. The second-order valence-corrected chi connectivity index (χ2v) is 10.2. The summed E-state index contributed by atoms with van der Waals surface area (Å²) in [7, 11) is 4.44. The van der Waals surface area contributed by atoms with E-state index in [4.69, 9.17) is 28.4 Å². The molecule has 3 aliphatic rings. The van der Waals surface area contributed by atoms with Gasteiger partial charge in [0.15, 0.2) is 11.5 Å². The molecule has 0 amide bonds. The summed E-state index contributed by atoms with van der Waals surface area (Å²) in [6.45, 7) is 6.83. The zero-order valence-electron chi connectivity index (χ0n) is 22.1. The maximum atomic E-state index is 12.8. The van der Waals surface area contributed by atoms with Crippen LogP contribution in [0.1, 0.15) is 45.6 Å². The zero-order valence-corrected chi connectivity index (χ0v) is 22.1. The van der Waals surface area contributed by atoms with Crippen LogP contribution in [-0.4, -0.2) is 68.3 Å². The van der Waals surface area contributed by atoms with Crippen molar-refractivity contribution in [2.45, 2.75) is 69.5 Å². The highest BCUT2D eigenvalue weighted by atomic mass is 16.6. The summed E-state index contributed by atoms with van der Waals surface area (Å²) in [6, 6.07) is 2.70. The van der Waals surface area contributed by atoms with Crippen LogP contribution in [0.2, 0.25) is 0 Å². The summed E-state index contributed by atoms with van der Waals surface area (Å²) in [5.41, 5.74) is 0.438. The van der Waals surface area contributed by atoms with E-state index in [2.05, 4.69) is 26.8 Å². The molecule has 2 heterocycles. The van der Waals surface area contributed by atoms with E-state index in [1.165, 1.54) is 44.1 Å². The van der Waals surface area contributed by atoms with E-state index < -0.39 is 28.7 Å². The fraction of sp³-hybridized carbons (Fsp3) is 0.593. The molecule has 6 atom stereocenters. The molecule has 37 heavy (non-hydrogen) atoms. The van der Waals surface area contributed by atoms with E-state index in [9.17, 15) is 14.9 Å². The van der Waals surface area contributed by atoms with Gasteiger partial charge >= 0.3 is 5.97 Å². The summed E-state index contributed by atoms with van der Waals surface area (Å²) >= 11 is 0. The predicted octanol–water partition coefficient (Wildman–Crippen LogP) is 4.24. The van der Waals surface area contributed by atoms with Crippen LogP contribution >= 0.6 is 0 Å². The first kappa shape index (κ1) is 27.1. The molecular weight excluding hydrogens is 482 g/mol. The van der Waals surface area contributed by atoms with E-state index in [0.717, 1.165) is 12.8 Å². The van der Waals surface area contributed by atoms with Crippen LogP contribution in [0.4, 0.5) is 5.69 Å². The van der Waals surface area contributed by atoms with Crippen molar-refractivity contribution >= 4 is 17.7 Å². The highest BCUT2D eigenvalue weighted by molar-refractivity contribution is 5.88. The summed E-state index contributed by atoms with van der Waals surface area (Å²) in [6.07, 6.45) is 5.94. The van der Waals surface area contributed by atoms with Gasteiger partial charge < -0.3 is 28.4 Å². The average Bonchev–Trinajstić information content (AvgIpc) is 3.78. The number of rotatable bonds is 10. The van der Waals surface area contributed by atoms with Gasteiger partial charge in [-0.15, -0.1) is 0 Å². The van der Waals surface area contributed by atoms with Crippen LogP contribution in [0, 0.1) is 16.0 Å². The number of carbonyl (C=O) groups excluding carboxylic acids is 1. The Hall–Kier alpha value is -2.95. The van der Waals surface area contributed by atoms with Crippen LogP contribution in [-0.2, 0) is 23.7 Å². The normalized spacial score (nSPS) is 32.2.